The van der Waals surface area contributed by atoms with E-state index in [1.54, 1.807) is 0 Å². The van der Waals surface area contributed by atoms with Gasteiger partial charge in [0.25, 0.3) is 0 Å². The van der Waals surface area contributed by atoms with E-state index in [0.29, 0.717) is 0 Å². The molecule has 0 heterocycles. The summed E-state index contributed by atoms with van der Waals surface area (Å²) in [5.74, 6) is -0.0873. The highest BCUT2D eigenvalue weighted by Crippen LogP contribution is 2.36. The molecular weight excluding hydrogens is 330 g/mol. The summed E-state index contributed by atoms with van der Waals surface area (Å²) in [5.41, 5.74) is 9.51. The Kier molecular flexibility index (Phi) is 5.46. The molecule has 1 atom stereocenters. The van der Waals surface area contributed by atoms with Gasteiger partial charge in [-0.2, -0.15) is 0 Å². The second-order valence-corrected chi connectivity index (χ2v) is 7.39. The fourth-order valence-corrected chi connectivity index (χ4v) is 3.18. The smallest absolute Gasteiger partial charge is 0.127 e. The number of anilines is 3. The normalized spacial score (nSPS) is 11.9. The van der Waals surface area contributed by atoms with Gasteiger partial charge in [-0.1, -0.05) is 31.2 Å². The van der Waals surface area contributed by atoms with Crippen LogP contribution in [0.3, 0.4) is 0 Å². The van der Waals surface area contributed by atoms with Crippen LogP contribution in [-0.4, -0.2) is 6.29 Å². The molecule has 0 radical (unpaired) electrons. The van der Waals surface area contributed by atoms with Crippen molar-refractivity contribution in [3.63, 3.8) is 0 Å². The van der Waals surface area contributed by atoms with Crippen LogP contribution in [-0.2, 0) is 4.79 Å². The third kappa shape index (κ3) is 3.95. The van der Waals surface area contributed by atoms with Crippen LogP contribution in [0.2, 0.25) is 0 Å². The van der Waals surface area contributed by atoms with Crippen molar-refractivity contribution in [2.45, 2.75) is 40.5 Å². The Hall–Kier alpha value is -2.87. The number of aryl methyl sites for hydroxylation is 4. The maximum absolute atomic E-state index is 11.1. The summed E-state index contributed by atoms with van der Waals surface area (Å²) in [5, 5.41) is 0. The fraction of sp³-hybridized carbons (Fsp3) is 0.240. The first-order valence-electron chi connectivity index (χ1n) is 9.40. The molecule has 0 amide bonds. The Balaban J connectivity index is 2.13. The van der Waals surface area contributed by atoms with Gasteiger partial charge in [0.05, 0.1) is 0 Å². The molecule has 0 aromatic heterocycles. The topological polar surface area (TPSA) is 20.3 Å². The molecule has 3 aromatic carbocycles. The quantitative estimate of drug-likeness (QED) is 0.474. The molecule has 0 aliphatic carbocycles. The molecule has 27 heavy (non-hydrogen) atoms. The molecule has 3 aromatic rings. The van der Waals surface area contributed by atoms with E-state index in [9.17, 15) is 4.79 Å². The lowest BCUT2D eigenvalue weighted by atomic mass is 10.0. The SMILES string of the molecule is Cc1ccc(N(c2ccc(C(C)C=O)cc2)c2ccc(C)c(C)c2)cc1C. The van der Waals surface area contributed by atoms with Crippen molar-refractivity contribution < 1.29 is 4.79 Å². The summed E-state index contributed by atoms with van der Waals surface area (Å²) in [7, 11) is 0. The average molecular weight is 357 g/mol. The molecule has 1 unspecified atom stereocenters. The van der Waals surface area contributed by atoms with Crippen molar-refractivity contribution in [1.29, 1.82) is 0 Å². The largest absolute Gasteiger partial charge is 0.310 e. The van der Waals surface area contributed by atoms with Gasteiger partial charge < -0.3 is 9.69 Å². The number of carbonyl (C=O) groups excluding carboxylic acids is 1. The number of rotatable bonds is 5. The second-order valence-electron chi connectivity index (χ2n) is 7.39. The van der Waals surface area contributed by atoms with Crippen LogP contribution in [0.1, 0.15) is 40.7 Å². The Morgan fingerprint density at radius 2 is 1.11 bits per heavy atom. The lowest BCUT2D eigenvalue weighted by molar-refractivity contribution is -0.108. The molecule has 0 N–H and O–H groups in total. The highest BCUT2D eigenvalue weighted by molar-refractivity contribution is 5.78. The van der Waals surface area contributed by atoms with Crippen LogP contribution in [0.4, 0.5) is 17.1 Å². The van der Waals surface area contributed by atoms with E-state index in [0.717, 1.165) is 28.9 Å². The number of hydrogen-bond acceptors (Lipinski definition) is 2. The third-order valence-electron chi connectivity index (χ3n) is 5.38. The molecule has 0 aliphatic heterocycles. The number of carbonyl (C=O) groups is 1. The minimum absolute atomic E-state index is 0.0873. The van der Waals surface area contributed by atoms with Crippen molar-refractivity contribution in [3.8, 4) is 0 Å². The van der Waals surface area contributed by atoms with Gasteiger partial charge in [-0.15, -0.1) is 0 Å². The van der Waals surface area contributed by atoms with E-state index < -0.39 is 0 Å². The van der Waals surface area contributed by atoms with E-state index in [2.05, 4.69) is 81.1 Å². The standard InChI is InChI=1S/C25H27NO/c1-17-6-10-24(14-19(17)3)26(25-11-7-18(2)20(4)15-25)23-12-8-22(9-13-23)21(5)16-27/h6-16,21H,1-5H3. The highest BCUT2D eigenvalue weighted by Gasteiger charge is 2.14. The van der Waals surface area contributed by atoms with Gasteiger partial charge in [0.1, 0.15) is 6.29 Å². The number of benzene rings is 3. The summed E-state index contributed by atoms with van der Waals surface area (Å²) in [6.07, 6.45) is 0.986. The van der Waals surface area contributed by atoms with Gasteiger partial charge in [0, 0.05) is 23.0 Å². The summed E-state index contributed by atoms with van der Waals surface area (Å²) >= 11 is 0. The molecular formula is C25H27NO. The number of nitrogens with zero attached hydrogens (tertiary/aromatic N) is 1. The zero-order chi connectivity index (χ0) is 19.6. The van der Waals surface area contributed by atoms with Crippen LogP contribution in [0.25, 0.3) is 0 Å². The molecule has 0 bridgehead atoms. The first-order chi connectivity index (χ1) is 12.9. The van der Waals surface area contributed by atoms with Gasteiger partial charge in [-0.25, -0.2) is 0 Å². The van der Waals surface area contributed by atoms with E-state index in [4.69, 9.17) is 0 Å². The molecule has 0 saturated carbocycles. The molecule has 0 spiro atoms. The monoisotopic (exact) mass is 357 g/mol. The van der Waals surface area contributed by atoms with Gasteiger partial charge in [-0.3, -0.25) is 0 Å². The lowest BCUT2D eigenvalue weighted by Crippen LogP contribution is -2.11. The Labute approximate surface area is 162 Å². The van der Waals surface area contributed by atoms with Crippen LogP contribution in [0.15, 0.2) is 60.7 Å². The van der Waals surface area contributed by atoms with Crippen molar-refractivity contribution in [3.05, 3.63) is 88.5 Å². The first kappa shape index (κ1) is 18.9. The van der Waals surface area contributed by atoms with Crippen LogP contribution in [0.5, 0.6) is 0 Å². The summed E-state index contributed by atoms with van der Waals surface area (Å²) < 4.78 is 0. The molecule has 0 aliphatic rings. The lowest BCUT2D eigenvalue weighted by Gasteiger charge is -2.27. The van der Waals surface area contributed by atoms with Gasteiger partial charge >= 0.3 is 0 Å². The minimum Gasteiger partial charge on any atom is -0.310 e. The third-order valence-corrected chi connectivity index (χ3v) is 5.38. The maximum atomic E-state index is 11.1. The molecule has 138 valence electrons. The van der Waals surface area contributed by atoms with E-state index in [-0.39, 0.29) is 5.92 Å². The van der Waals surface area contributed by atoms with E-state index in [1.165, 1.54) is 22.3 Å². The van der Waals surface area contributed by atoms with E-state index in [1.807, 2.05) is 19.1 Å². The van der Waals surface area contributed by atoms with Crippen molar-refractivity contribution in [1.82, 2.24) is 0 Å². The zero-order valence-corrected chi connectivity index (χ0v) is 16.8. The van der Waals surface area contributed by atoms with Crippen LogP contribution < -0.4 is 4.90 Å². The average Bonchev–Trinajstić information content (AvgIpc) is 2.67. The zero-order valence-electron chi connectivity index (χ0n) is 16.8. The molecule has 0 saturated heterocycles. The Bertz CT molecular complexity index is 905. The predicted octanol–water partition coefficient (Wildman–Crippen LogP) is 6.69. The van der Waals surface area contributed by atoms with E-state index >= 15 is 0 Å². The molecule has 2 heteroatoms. The molecule has 0 fully saturated rings. The number of hydrogen-bond donors (Lipinski definition) is 0. The molecule has 2 nitrogen and oxygen atoms in total. The van der Waals surface area contributed by atoms with Gasteiger partial charge in [-0.05, 0) is 91.9 Å². The van der Waals surface area contributed by atoms with Crippen LogP contribution >= 0.6 is 0 Å². The summed E-state index contributed by atoms with van der Waals surface area (Å²) in [6, 6.07) is 21.4. The first-order valence-corrected chi connectivity index (χ1v) is 9.40. The van der Waals surface area contributed by atoms with Gasteiger partial charge in [0.2, 0.25) is 0 Å². The predicted molar refractivity (Wildman–Crippen MR) is 115 cm³/mol. The Morgan fingerprint density at radius 1 is 0.667 bits per heavy atom. The van der Waals surface area contributed by atoms with Gasteiger partial charge in [0.15, 0.2) is 0 Å². The molecule has 3 rings (SSSR count). The fourth-order valence-electron chi connectivity index (χ4n) is 3.18. The number of aldehydes is 1. The Morgan fingerprint density at radius 3 is 1.52 bits per heavy atom. The van der Waals surface area contributed by atoms with Crippen LogP contribution in [0, 0.1) is 27.7 Å². The maximum Gasteiger partial charge on any atom is 0.127 e. The highest BCUT2D eigenvalue weighted by atomic mass is 16.1. The van der Waals surface area contributed by atoms with Crippen molar-refractivity contribution in [2.24, 2.45) is 0 Å². The van der Waals surface area contributed by atoms with Crippen molar-refractivity contribution in [2.75, 3.05) is 4.90 Å². The summed E-state index contributed by atoms with van der Waals surface area (Å²) in [6.45, 7) is 10.5. The second kappa shape index (κ2) is 7.79. The minimum atomic E-state index is -0.0873. The van der Waals surface area contributed by atoms with Crippen molar-refractivity contribution >= 4 is 23.3 Å². The summed E-state index contributed by atoms with van der Waals surface area (Å²) in [4.78, 5) is 13.4.